The van der Waals surface area contributed by atoms with Gasteiger partial charge in [0.25, 0.3) is 0 Å². The lowest BCUT2D eigenvalue weighted by molar-refractivity contribution is 1.20. The molecule has 1 heterocycles. The van der Waals surface area contributed by atoms with Gasteiger partial charge in [-0.1, -0.05) is 51.8 Å². The smallest absolute Gasteiger partial charge is 0.171 e. The van der Waals surface area contributed by atoms with E-state index >= 15 is 0 Å². The Labute approximate surface area is 123 Å². The molecule has 0 amide bonds. The molecular formula is C14H9BrClN3. The Morgan fingerprint density at radius 1 is 0.947 bits per heavy atom. The molecule has 0 aliphatic heterocycles. The molecule has 1 aromatic heterocycles. The highest BCUT2D eigenvalue weighted by Crippen LogP contribution is 2.32. The number of halogens is 2. The minimum atomic E-state index is 0.356. The first kappa shape index (κ1) is 12.4. The van der Waals surface area contributed by atoms with Crippen molar-refractivity contribution in [2.45, 2.75) is 0 Å². The SMILES string of the molecule is Clc1nccnc1Nc1ccc(Br)c2ccccc12. The molecule has 0 aliphatic carbocycles. The fourth-order valence-corrected chi connectivity index (χ4v) is 2.53. The molecule has 19 heavy (non-hydrogen) atoms. The van der Waals surface area contributed by atoms with Crippen LogP contribution in [0.15, 0.2) is 53.3 Å². The molecule has 2 aromatic carbocycles. The highest BCUT2D eigenvalue weighted by Gasteiger charge is 2.07. The topological polar surface area (TPSA) is 37.8 Å². The van der Waals surface area contributed by atoms with Crippen LogP contribution in [0.4, 0.5) is 11.5 Å². The van der Waals surface area contributed by atoms with Crippen LogP contribution in [0.25, 0.3) is 10.8 Å². The van der Waals surface area contributed by atoms with Gasteiger partial charge >= 0.3 is 0 Å². The van der Waals surface area contributed by atoms with Crippen molar-refractivity contribution in [1.82, 2.24) is 9.97 Å². The molecule has 0 fully saturated rings. The fraction of sp³-hybridized carbons (Fsp3) is 0. The molecule has 94 valence electrons. The maximum atomic E-state index is 6.01. The van der Waals surface area contributed by atoms with Crippen molar-refractivity contribution in [2.75, 3.05) is 5.32 Å². The van der Waals surface area contributed by atoms with Crippen molar-refractivity contribution in [3.8, 4) is 0 Å². The van der Waals surface area contributed by atoms with Gasteiger partial charge in [-0.15, -0.1) is 0 Å². The number of anilines is 2. The van der Waals surface area contributed by atoms with Crippen molar-refractivity contribution in [1.29, 1.82) is 0 Å². The van der Waals surface area contributed by atoms with Gasteiger partial charge in [0.05, 0.1) is 0 Å². The van der Waals surface area contributed by atoms with E-state index in [1.807, 2.05) is 30.3 Å². The third-order valence-electron chi connectivity index (χ3n) is 2.78. The second-order valence-electron chi connectivity index (χ2n) is 3.96. The second kappa shape index (κ2) is 5.15. The zero-order valence-electron chi connectivity index (χ0n) is 9.77. The summed E-state index contributed by atoms with van der Waals surface area (Å²) in [6.45, 7) is 0. The van der Waals surface area contributed by atoms with Gasteiger partial charge < -0.3 is 5.32 Å². The van der Waals surface area contributed by atoms with Gasteiger partial charge in [0.2, 0.25) is 0 Å². The molecule has 0 aliphatic rings. The largest absolute Gasteiger partial charge is 0.337 e. The van der Waals surface area contributed by atoms with E-state index in [0.717, 1.165) is 20.9 Å². The van der Waals surface area contributed by atoms with Crippen molar-refractivity contribution < 1.29 is 0 Å². The van der Waals surface area contributed by atoms with Gasteiger partial charge in [-0.3, -0.25) is 0 Å². The summed E-state index contributed by atoms with van der Waals surface area (Å²) in [6.07, 6.45) is 3.17. The highest BCUT2D eigenvalue weighted by atomic mass is 79.9. The number of aromatic nitrogens is 2. The zero-order valence-corrected chi connectivity index (χ0v) is 12.1. The molecule has 0 bridgehead atoms. The average Bonchev–Trinajstić information content (AvgIpc) is 2.44. The van der Waals surface area contributed by atoms with Crippen molar-refractivity contribution in [3.63, 3.8) is 0 Å². The van der Waals surface area contributed by atoms with Crippen molar-refractivity contribution in [2.24, 2.45) is 0 Å². The molecule has 0 saturated carbocycles. The standard InChI is InChI=1S/C14H9BrClN3/c15-11-5-6-12(10-4-2-1-3-9(10)11)19-14-13(16)17-7-8-18-14/h1-8H,(H,18,19). The van der Waals surface area contributed by atoms with E-state index in [1.54, 1.807) is 12.4 Å². The minimum Gasteiger partial charge on any atom is -0.337 e. The molecule has 5 heteroatoms. The first-order valence-electron chi connectivity index (χ1n) is 5.66. The lowest BCUT2D eigenvalue weighted by Crippen LogP contribution is -1.96. The number of hydrogen-bond donors (Lipinski definition) is 1. The quantitative estimate of drug-likeness (QED) is 0.732. The first-order chi connectivity index (χ1) is 9.25. The number of benzene rings is 2. The number of nitrogens with zero attached hydrogens (tertiary/aromatic N) is 2. The normalized spacial score (nSPS) is 10.6. The summed E-state index contributed by atoms with van der Waals surface area (Å²) in [5.41, 5.74) is 0.946. The van der Waals surface area contributed by atoms with Crippen molar-refractivity contribution in [3.05, 3.63) is 58.4 Å². The molecule has 0 atom stereocenters. The van der Waals surface area contributed by atoms with Gasteiger partial charge in [-0.25, -0.2) is 9.97 Å². The Balaban J connectivity index is 2.12. The summed E-state index contributed by atoms with van der Waals surface area (Å²) >= 11 is 9.56. The molecule has 3 rings (SSSR count). The molecular weight excluding hydrogens is 326 g/mol. The first-order valence-corrected chi connectivity index (χ1v) is 6.83. The predicted octanol–water partition coefficient (Wildman–Crippen LogP) is 4.79. The van der Waals surface area contributed by atoms with E-state index in [1.165, 1.54) is 0 Å². The Hall–Kier alpha value is -1.65. The van der Waals surface area contributed by atoms with E-state index in [0.29, 0.717) is 11.0 Å². The van der Waals surface area contributed by atoms with Gasteiger partial charge in [0.1, 0.15) is 0 Å². The number of nitrogens with one attached hydrogen (secondary N) is 1. The lowest BCUT2D eigenvalue weighted by atomic mass is 10.1. The second-order valence-corrected chi connectivity index (χ2v) is 5.17. The third-order valence-corrected chi connectivity index (χ3v) is 3.75. The van der Waals surface area contributed by atoms with Crippen LogP contribution < -0.4 is 5.32 Å². The summed E-state index contributed by atoms with van der Waals surface area (Å²) in [7, 11) is 0. The van der Waals surface area contributed by atoms with E-state index < -0.39 is 0 Å². The molecule has 3 nitrogen and oxygen atoms in total. The molecule has 3 aromatic rings. The summed E-state index contributed by atoms with van der Waals surface area (Å²) in [5.74, 6) is 0.552. The van der Waals surface area contributed by atoms with Crippen LogP contribution in [-0.4, -0.2) is 9.97 Å². The average molecular weight is 335 g/mol. The van der Waals surface area contributed by atoms with E-state index in [2.05, 4.69) is 37.3 Å². The van der Waals surface area contributed by atoms with Gasteiger partial charge in [0.15, 0.2) is 11.0 Å². The number of rotatable bonds is 2. The fourth-order valence-electron chi connectivity index (χ4n) is 1.90. The van der Waals surface area contributed by atoms with Gasteiger partial charge in [-0.2, -0.15) is 0 Å². The van der Waals surface area contributed by atoms with Crippen LogP contribution in [0, 0.1) is 0 Å². The molecule has 1 N–H and O–H groups in total. The highest BCUT2D eigenvalue weighted by molar-refractivity contribution is 9.10. The lowest BCUT2D eigenvalue weighted by Gasteiger charge is -2.10. The van der Waals surface area contributed by atoms with Gasteiger partial charge in [0, 0.05) is 27.9 Å². The molecule has 0 spiro atoms. The molecule has 0 unspecified atom stereocenters. The molecule has 0 saturated heterocycles. The van der Waals surface area contributed by atoms with Crippen LogP contribution in [0.5, 0.6) is 0 Å². The molecule has 0 radical (unpaired) electrons. The van der Waals surface area contributed by atoms with Crippen LogP contribution in [-0.2, 0) is 0 Å². The van der Waals surface area contributed by atoms with Crippen LogP contribution in [0.1, 0.15) is 0 Å². The Morgan fingerprint density at radius 3 is 2.47 bits per heavy atom. The van der Waals surface area contributed by atoms with E-state index in [9.17, 15) is 0 Å². The Morgan fingerprint density at radius 2 is 1.68 bits per heavy atom. The predicted molar refractivity (Wildman–Crippen MR) is 82.0 cm³/mol. The maximum absolute atomic E-state index is 6.01. The van der Waals surface area contributed by atoms with E-state index in [4.69, 9.17) is 11.6 Å². The third kappa shape index (κ3) is 2.41. The summed E-state index contributed by atoms with van der Waals surface area (Å²) in [4.78, 5) is 8.19. The minimum absolute atomic E-state index is 0.356. The summed E-state index contributed by atoms with van der Waals surface area (Å²) in [5, 5.41) is 5.80. The number of hydrogen-bond acceptors (Lipinski definition) is 3. The van der Waals surface area contributed by atoms with Gasteiger partial charge in [-0.05, 0) is 17.5 Å². The van der Waals surface area contributed by atoms with Crippen LogP contribution in [0.2, 0.25) is 5.15 Å². The van der Waals surface area contributed by atoms with Crippen molar-refractivity contribution >= 4 is 49.8 Å². The monoisotopic (exact) mass is 333 g/mol. The Kier molecular flexibility index (Phi) is 3.36. The summed E-state index contributed by atoms with van der Waals surface area (Å²) < 4.78 is 1.05. The number of fused-ring (bicyclic) bond motifs is 1. The van der Waals surface area contributed by atoms with E-state index in [-0.39, 0.29) is 0 Å². The maximum Gasteiger partial charge on any atom is 0.171 e. The zero-order chi connectivity index (χ0) is 13.2. The van der Waals surface area contributed by atoms with Crippen LogP contribution in [0.3, 0.4) is 0 Å². The summed E-state index contributed by atoms with van der Waals surface area (Å²) in [6, 6.07) is 12.1. The Bertz CT molecular complexity index is 746. The van der Waals surface area contributed by atoms with Crippen LogP contribution >= 0.6 is 27.5 Å².